The second-order valence-electron chi connectivity index (χ2n) is 6.62. The quantitative estimate of drug-likeness (QED) is 0.765. The molecule has 1 aliphatic heterocycles. The molecule has 0 radical (unpaired) electrons. The zero-order valence-electron chi connectivity index (χ0n) is 13.5. The average molecular weight is 447 g/mol. The van der Waals surface area contributed by atoms with Crippen LogP contribution in [-0.4, -0.2) is 49.6 Å². The van der Waals surface area contributed by atoms with Crippen LogP contribution in [-0.2, 0) is 14.6 Å². The van der Waals surface area contributed by atoms with Gasteiger partial charge >= 0.3 is 0 Å². The van der Waals surface area contributed by atoms with E-state index in [0.29, 0.717) is 17.3 Å². The Labute approximate surface area is 160 Å². The molecule has 0 spiro atoms. The summed E-state index contributed by atoms with van der Waals surface area (Å²) in [6.07, 6.45) is 1.46. The summed E-state index contributed by atoms with van der Waals surface area (Å²) in [6.45, 7) is 0.242. The number of amides is 1. The fourth-order valence-electron chi connectivity index (χ4n) is 3.08. The largest absolute Gasteiger partial charge is 0.336 e. The SMILES string of the molecule is CN1C[C@H](S(=O)(=O)c2ccc(Br)cc2Cl)C[C@H]1C(=O)NC1(C#N)CC1. The van der Waals surface area contributed by atoms with Crippen LogP contribution in [0.1, 0.15) is 19.3 Å². The minimum absolute atomic E-state index is 0.0764. The first kappa shape index (κ1) is 18.6. The first-order valence-electron chi connectivity index (χ1n) is 7.81. The summed E-state index contributed by atoms with van der Waals surface area (Å²) in [7, 11) is -1.94. The Hall–Kier alpha value is -1.14. The molecule has 25 heavy (non-hydrogen) atoms. The Morgan fingerprint density at radius 1 is 1.48 bits per heavy atom. The van der Waals surface area contributed by atoms with Gasteiger partial charge in [0.15, 0.2) is 9.84 Å². The van der Waals surface area contributed by atoms with Gasteiger partial charge in [-0.1, -0.05) is 27.5 Å². The van der Waals surface area contributed by atoms with Crippen LogP contribution in [0.5, 0.6) is 0 Å². The van der Waals surface area contributed by atoms with E-state index in [9.17, 15) is 13.2 Å². The van der Waals surface area contributed by atoms with Crippen LogP contribution in [0.3, 0.4) is 0 Å². The van der Waals surface area contributed by atoms with Gasteiger partial charge in [0.1, 0.15) is 5.54 Å². The molecular weight excluding hydrogens is 430 g/mol. The smallest absolute Gasteiger partial charge is 0.238 e. The van der Waals surface area contributed by atoms with Crippen molar-refractivity contribution in [3.63, 3.8) is 0 Å². The van der Waals surface area contributed by atoms with Crippen molar-refractivity contribution < 1.29 is 13.2 Å². The molecule has 1 aromatic carbocycles. The molecule has 1 aromatic rings. The minimum atomic E-state index is -3.66. The van der Waals surface area contributed by atoms with Crippen LogP contribution in [0, 0.1) is 11.3 Å². The molecule has 2 atom stereocenters. The summed E-state index contributed by atoms with van der Waals surface area (Å²) in [6, 6.07) is 6.19. The highest BCUT2D eigenvalue weighted by molar-refractivity contribution is 9.10. The van der Waals surface area contributed by atoms with E-state index in [0.717, 1.165) is 0 Å². The zero-order valence-corrected chi connectivity index (χ0v) is 16.7. The Balaban J connectivity index is 1.78. The lowest BCUT2D eigenvalue weighted by Crippen LogP contribution is -2.46. The number of nitrogens with zero attached hydrogens (tertiary/aromatic N) is 2. The van der Waals surface area contributed by atoms with Crippen LogP contribution in [0.2, 0.25) is 5.02 Å². The number of sulfone groups is 1. The second kappa shape index (κ2) is 6.54. The first-order chi connectivity index (χ1) is 11.7. The third-order valence-corrected chi connectivity index (χ3v) is 7.88. The highest BCUT2D eigenvalue weighted by Crippen LogP contribution is 2.36. The van der Waals surface area contributed by atoms with E-state index in [1.807, 2.05) is 0 Å². The standard InChI is InChI=1S/C16H17BrClN3O3S/c1-21-8-11(7-13(21)15(22)20-16(9-19)4-5-16)25(23,24)14-3-2-10(17)6-12(14)18/h2-3,6,11,13H,4-5,7-8H2,1H3,(H,20,22)/t11-,13+/m1/s1. The van der Waals surface area contributed by atoms with Gasteiger partial charge < -0.3 is 5.32 Å². The minimum Gasteiger partial charge on any atom is -0.336 e. The van der Waals surface area contributed by atoms with E-state index in [-0.39, 0.29) is 28.8 Å². The van der Waals surface area contributed by atoms with Gasteiger partial charge in [-0.2, -0.15) is 5.26 Å². The van der Waals surface area contributed by atoms with Crippen molar-refractivity contribution in [2.45, 2.75) is 41.0 Å². The van der Waals surface area contributed by atoms with Gasteiger partial charge in [0.05, 0.1) is 27.3 Å². The topological polar surface area (TPSA) is 90.3 Å². The molecule has 2 aliphatic rings. The number of likely N-dealkylation sites (tertiary alicyclic amines) is 1. The van der Waals surface area contributed by atoms with Crippen LogP contribution >= 0.6 is 27.5 Å². The normalized spacial score (nSPS) is 25.4. The predicted octanol–water partition coefficient (Wildman–Crippen LogP) is 2.12. The molecule has 134 valence electrons. The van der Waals surface area contributed by atoms with Gasteiger partial charge in [-0.3, -0.25) is 9.69 Å². The van der Waals surface area contributed by atoms with Gasteiger partial charge in [0.2, 0.25) is 5.91 Å². The number of likely N-dealkylation sites (N-methyl/N-ethyl adjacent to an activating group) is 1. The fraction of sp³-hybridized carbons (Fsp3) is 0.500. The maximum Gasteiger partial charge on any atom is 0.238 e. The third-order valence-electron chi connectivity index (χ3n) is 4.78. The van der Waals surface area contributed by atoms with Gasteiger partial charge in [-0.15, -0.1) is 0 Å². The van der Waals surface area contributed by atoms with E-state index in [2.05, 4.69) is 27.3 Å². The molecule has 1 saturated heterocycles. The van der Waals surface area contributed by atoms with E-state index in [1.54, 1.807) is 24.1 Å². The summed E-state index contributed by atoms with van der Waals surface area (Å²) >= 11 is 9.36. The lowest BCUT2D eigenvalue weighted by molar-refractivity contribution is -0.125. The van der Waals surface area contributed by atoms with E-state index in [1.165, 1.54) is 6.07 Å². The van der Waals surface area contributed by atoms with Crippen molar-refractivity contribution in [2.24, 2.45) is 0 Å². The van der Waals surface area contributed by atoms with Crippen molar-refractivity contribution in [2.75, 3.05) is 13.6 Å². The number of nitrogens with one attached hydrogen (secondary N) is 1. The molecule has 9 heteroatoms. The number of rotatable bonds is 4. The van der Waals surface area contributed by atoms with Gasteiger partial charge in [0.25, 0.3) is 0 Å². The van der Waals surface area contributed by atoms with Crippen LogP contribution in [0.15, 0.2) is 27.6 Å². The van der Waals surface area contributed by atoms with E-state index >= 15 is 0 Å². The molecule has 6 nitrogen and oxygen atoms in total. The van der Waals surface area contributed by atoms with Crippen LogP contribution in [0.25, 0.3) is 0 Å². The highest BCUT2D eigenvalue weighted by atomic mass is 79.9. The summed E-state index contributed by atoms with van der Waals surface area (Å²) in [4.78, 5) is 14.3. The van der Waals surface area contributed by atoms with Gasteiger partial charge in [0, 0.05) is 11.0 Å². The number of carbonyl (C=O) groups excluding carboxylic acids is 1. The molecule has 0 unspecified atom stereocenters. The predicted molar refractivity (Wildman–Crippen MR) is 96.9 cm³/mol. The lowest BCUT2D eigenvalue weighted by atomic mass is 10.2. The summed E-state index contributed by atoms with van der Waals surface area (Å²) in [5.74, 6) is -0.291. The number of hydrogen-bond donors (Lipinski definition) is 1. The molecule has 2 fully saturated rings. The molecule has 3 rings (SSSR count). The fourth-order valence-corrected chi connectivity index (χ4v) is 5.89. The first-order valence-corrected chi connectivity index (χ1v) is 10.5. The molecule has 1 N–H and O–H groups in total. The molecule has 1 amide bonds. The highest BCUT2D eigenvalue weighted by Gasteiger charge is 2.48. The Morgan fingerprint density at radius 3 is 2.72 bits per heavy atom. The maximum atomic E-state index is 12.9. The Morgan fingerprint density at radius 2 is 2.16 bits per heavy atom. The van der Waals surface area contributed by atoms with Crippen molar-refractivity contribution in [3.8, 4) is 6.07 Å². The molecule has 1 aliphatic carbocycles. The summed E-state index contributed by atoms with van der Waals surface area (Å²) in [5, 5.41) is 11.3. The van der Waals surface area contributed by atoms with E-state index in [4.69, 9.17) is 16.9 Å². The number of carbonyl (C=O) groups is 1. The van der Waals surface area contributed by atoms with Gasteiger partial charge in [-0.25, -0.2) is 8.42 Å². The Bertz CT molecular complexity index is 864. The summed E-state index contributed by atoms with van der Waals surface area (Å²) < 4.78 is 26.5. The molecule has 1 heterocycles. The van der Waals surface area contributed by atoms with Crippen molar-refractivity contribution in [1.29, 1.82) is 5.26 Å². The number of benzene rings is 1. The second-order valence-corrected chi connectivity index (χ2v) is 10.1. The van der Waals surface area contributed by atoms with Crippen molar-refractivity contribution in [1.82, 2.24) is 10.2 Å². The van der Waals surface area contributed by atoms with E-state index < -0.39 is 26.7 Å². The molecular formula is C16H17BrClN3O3S. The Kier molecular flexibility index (Phi) is 4.88. The molecule has 1 saturated carbocycles. The number of halogens is 2. The molecule has 0 aromatic heterocycles. The zero-order chi connectivity index (χ0) is 18.4. The molecule has 0 bridgehead atoms. The summed E-state index contributed by atoms with van der Waals surface area (Å²) in [5.41, 5.74) is -0.760. The monoisotopic (exact) mass is 445 g/mol. The van der Waals surface area contributed by atoms with Crippen LogP contribution in [0.4, 0.5) is 0 Å². The van der Waals surface area contributed by atoms with Crippen LogP contribution < -0.4 is 5.32 Å². The average Bonchev–Trinajstić information content (AvgIpc) is 3.19. The van der Waals surface area contributed by atoms with Gasteiger partial charge in [-0.05, 0) is 44.5 Å². The van der Waals surface area contributed by atoms with Crippen molar-refractivity contribution >= 4 is 43.3 Å². The number of nitriles is 1. The lowest BCUT2D eigenvalue weighted by Gasteiger charge is -2.20. The third kappa shape index (κ3) is 3.56. The van der Waals surface area contributed by atoms with Crippen molar-refractivity contribution in [3.05, 3.63) is 27.7 Å². The maximum absolute atomic E-state index is 12.9. The number of hydrogen-bond acceptors (Lipinski definition) is 5.